The Hall–Kier alpha value is -2.42. The number of fused-ring (bicyclic) bond motifs is 1. The van der Waals surface area contributed by atoms with Gasteiger partial charge in [-0.2, -0.15) is 0 Å². The van der Waals surface area contributed by atoms with Crippen LogP contribution in [-0.2, 0) is 0 Å². The molecule has 3 heteroatoms. The van der Waals surface area contributed by atoms with E-state index in [9.17, 15) is 9.18 Å². The van der Waals surface area contributed by atoms with Crippen LogP contribution < -0.4 is 5.43 Å². The fourth-order valence-corrected chi connectivity index (χ4v) is 1.87. The zero-order valence-corrected chi connectivity index (χ0v) is 9.39. The van der Waals surface area contributed by atoms with Gasteiger partial charge in [0, 0.05) is 17.7 Å². The molecule has 0 aliphatic rings. The third-order valence-corrected chi connectivity index (χ3v) is 2.75. The van der Waals surface area contributed by atoms with Gasteiger partial charge in [-0.05, 0) is 12.1 Å². The third kappa shape index (κ3) is 1.80. The molecular weight excluding hydrogens is 231 g/mol. The molecule has 0 saturated heterocycles. The van der Waals surface area contributed by atoms with Gasteiger partial charge >= 0.3 is 0 Å². The monoisotopic (exact) mass is 240 g/mol. The Kier molecular flexibility index (Phi) is 2.45. The minimum Gasteiger partial charge on any atom is -0.456 e. The standard InChI is InChI=1S/C15H9FO2/c16-11-6-7-12-13(17)9-14(18-15(12)8-11)10-4-2-1-3-5-10/h1-9H. The average Bonchev–Trinajstić information content (AvgIpc) is 2.39. The zero-order valence-electron chi connectivity index (χ0n) is 9.39. The lowest BCUT2D eigenvalue weighted by molar-refractivity contribution is 0.599. The first kappa shape index (κ1) is 10.7. The Morgan fingerprint density at radius 2 is 1.72 bits per heavy atom. The molecule has 0 N–H and O–H groups in total. The fourth-order valence-electron chi connectivity index (χ4n) is 1.87. The van der Waals surface area contributed by atoms with E-state index in [1.807, 2.05) is 30.3 Å². The second-order valence-corrected chi connectivity index (χ2v) is 3.98. The number of hydrogen-bond donors (Lipinski definition) is 0. The molecule has 0 spiro atoms. The van der Waals surface area contributed by atoms with Crippen LogP contribution in [0.3, 0.4) is 0 Å². The van der Waals surface area contributed by atoms with Gasteiger partial charge in [0.2, 0.25) is 0 Å². The highest BCUT2D eigenvalue weighted by molar-refractivity contribution is 5.78. The normalized spacial score (nSPS) is 10.7. The van der Waals surface area contributed by atoms with E-state index in [0.29, 0.717) is 11.1 Å². The molecular formula is C15H9FO2. The molecule has 0 aliphatic carbocycles. The van der Waals surface area contributed by atoms with Crippen molar-refractivity contribution in [3.05, 3.63) is 70.6 Å². The van der Waals surface area contributed by atoms with Crippen molar-refractivity contribution in [2.24, 2.45) is 0 Å². The number of benzene rings is 2. The Labute approximate surface area is 102 Å². The van der Waals surface area contributed by atoms with Crippen molar-refractivity contribution >= 4 is 11.0 Å². The lowest BCUT2D eigenvalue weighted by atomic mass is 10.1. The van der Waals surface area contributed by atoms with E-state index >= 15 is 0 Å². The Balaban J connectivity index is 2.30. The Morgan fingerprint density at radius 3 is 2.50 bits per heavy atom. The fraction of sp³-hybridized carbons (Fsp3) is 0. The summed E-state index contributed by atoms with van der Waals surface area (Å²) in [5, 5.41) is 0.385. The average molecular weight is 240 g/mol. The van der Waals surface area contributed by atoms with E-state index in [0.717, 1.165) is 5.56 Å². The van der Waals surface area contributed by atoms with Crippen LogP contribution in [0, 0.1) is 5.82 Å². The Morgan fingerprint density at radius 1 is 0.944 bits per heavy atom. The van der Waals surface area contributed by atoms with Crippen LogP contribution in [0.15, 0.2) is 63.8 Å². The highest BCUT2D eigenvalue weighted by atomic mass is 19.1. The summed E-state index contributed by atoms with van der Waals surface area (Å²) in [5.74, 6) is 0.0227. The summed E-state index contributed by atoms with van der Waals surface area (Å²) in [5.41, 5.74) is 0.886. The van der Waals surface area contributed by atoms with E-state index < -0.39 is 5.82 Å². The quantitative estimate of drug-likeness (QED) is 0.650. The van der Waals surface area contributed by atoms with Crippen molar-refractivity contribution in [2.45, 2.75) is 0 Å². The van der Waals surface area contributed by atoms with E-state index in [2.05, 4.69) is 0 Å². The second-order valence-electron chi connectivity index (χ2n) is 3.98. The molecule has 0 unspecified atom stereocenters. The van der Waals surface area contributed by atoms with Crippen LogP contribution in [0.5, 0.6) is 0 Å². The highest BCUT2D eigenvalue weighted by Crippen LogP contribution is 2.22. The molecule has 0 bridgehead atoms. The molecule has 18 heavy (non-hydrogen) atoms. The molecule has 0 saturated carbocycles. The predicted molar refractivity (Wildman–Crippen MR) is 67.9 cm³/mol. The van der Waals surface area contributed by atoms with Gasteiger partial charge in [-0.1, -0.05) is 30.3 Å². The summed E-state index contributed by atoms with van der Waals surface area (Å²) in [6.07, 6.45) is 0. The van der Waals surface area contributed by atoms with Crippen molar-refractivity contribution < 1.29 is 8.81 Å². The van der Waals surface area contributed by atoms with Gasteiger partial charge in [-0.25, -0.2) is 4.39 Å². The lowest BCUT2D eigenvalue weighted by Crippen LogP contribution is -2.00. The van der Waals surface area contributed by atoms with E-state index in [4.69, 9.17) is 4.42 Å². The summed E-state index contributed by atoms with van der Waals surface area (Å²) in [6.45, 7) is 0. The van der Waals surface area contributed by atoms with Gasteiger partial charge in [0.25, 0.3) is 0 Å². The summed E-state index contributed by atoms with van der Waals surface area (Å²) in [7, 11) is 0. The van der Waals surface area contributed by atoms with Crippen molar-refractivity contribution in [1.29, 1.82) is 0 Å². The molecule has 2 aromatic carbocycles. The van der Waals surface area contributed by atoms with E-state index in [1.54, 1.807) is 0 Å². The molecule has 1 aromatic heterocycles. The molecule has 3 aromatic rings. The number of rotatable bonds is 1. The smallest absolute Gasteiger partial charge is 0.193 e. The van der Waals surface area contributed by atoms with Crippen LogP contribution >= 0.6 is 0 Å². The van der Waals surface area contributed by atoms with Crippen LogP contribution in [0.25, 0.3) is 22.3 Å². The lowest BCUT2D eigenvalue weighted by Gasteiger charge is -2.02. The second kappa shape index (κ2) is 4.11. The molecule has 1 heterocycles. The molecule has 0 fully saturated rings. The molecule has 0 amide bonds. The predicted octanol–water partition coefficient (Wildman–Crippen LogP) is 3.60. The van der Waals surface area contributed by atoms with Gasteiger partial charge in [0.05, 0.1) is 5.39 Å². The topological polar surface area (TPSA) is 30.2 Å². The maximum Gasteiger partial charge on any atom is 0.193 e. The molecule has 2 nitrogen and oxygen atoms in total. The summed E-state index contributed by atoms with van der Waals surface area (Å²) in [4.78, 5) is 11.9. The molecule has 0 radical (unpaired) electrons. The number of halogens is 1. The van der Waals surface area contributed by atoms with Gasteiger partial charge in [0.1, 0.15) is 17.2 Å². The SMILES string of the molecule is O=c1cc(-c2ccccc2)oc2cc(F)ccc12. The zero-order chi connectivity index (χ0) is 12.5. The largest absolute Gasteiger partial charge is 0.456 e. The maximum atomic E-state index is 13.1. The summed E-state index contributed by atoms with van der Waals surface area (Å²) >= 11 is 0. The van der Waals surface area contributed by atoms with E-state index in [-0.39, 0.29) is 11.0 Å². The van der Waals surface area contributed by atoms with Crippen LogP contribution in [-0.4, -0.2) is 0 Å². The van der Waals surface area contributed by atoms with Crippen molar-refractivity contribution in [1.82, 2.24) is 0 Å². The van der Waals surface area contributed by atoms with Gasteiger partial charge in [-0.15, -0.1) is 0 Å². The van der Waals surface area contributed by atoms with Crippen molar-refractivity contribution in [3.63, 3.8) is 0 Å². The number of hydrogen-bond acceptors (Lipinski definition) is 2. The van der Waals surface area contributed by atoms with Crippen molar-refractivity contribution in [2.75, 3.05) is 0 Å². The first-order valence-electron chi connectivity index (χ1n) is 5.53. The van der Waals surface area contributed by atoms with E-state index in [1.165, 1.54) is 24.3 Å². The summed E-state index contributed by atoms with van der Waals surface area (Å²) < 4.78 is 18.7. The van der Waals surface area contributed by atoms with Crippen LogP contribution in [0.1, 0.15) is 0 Å². The molecule has 0 atom stereocenters. The van der Waals surface area contributed by atoms with Crippen molar-refractivity contribution in [3.8, 4) is 11.3 Å². The molecule has 3 rings (SSSR count). The van der Waals surface area contributed by atoms with Crippen LogP contribution in [0.2, 0.25) is 0 Å². The first-order valence-corrected chi connectivity index (χ1v) is 5.53. The Bertz CT molecular complexity index is 760. The van der Waals surface area contributed by atoms with Gasteiger partial charge in [-0.3, -0.25) is 4.79 Å². The highest BCUT2D eigenvalue weighted by Gasteiger charge is 2.07. The molecule has 88 valence electrons. The van der Waals surface area contributed by atoms with Gasteiger partial charge in [0.15, 0.2) is 5.43 Å². The van der Waals surface area contributed by atoms with Gasteiger partial charge < -0.3 is 4.42 Å². The molecule has 0 aliphatic heterocycles. The minimum absolute atomic E-state index is 0.171. The van der Waals surface area contributed by atoms with Crippen LogP contribution in [0.4, 0.5) is 4.39 Å². The first-order chi connectivity index (χ1) is 8.74. The third-order valence-electron chi connectivity index (χ3n) is 2.75. The minimum atomic E-state index is -0.420. The maximum absolute atomic E-state index is 13.1. The summed E-state index contributed by atoms with van der Waals surface area (Å²) in [6, 6.07) is 14.6.